The minimum absolute atomic E-state index is 0.398. The molecule has 4 atom stereocenters. The van der Waals surface area contributed by atoms with Gasteiger partial charge in [-0.25, -0.2) is 4.79 Å². The fraction of sp³-hybridized carbons (Fsp3) is 0.923. The first-order valence-corrected chi connectivity index (χ1v) is 8.05. The number of hydrogen-bond donors (Lipinski definition) is 3. The van der Waals surface area contributed by atoms with Crippen molar-refractivity contribution in [2.75, 3.05) is 11.5 Å². The second kappa shape index (κ2) is 8.79. The summed E-state index contributed by atoms with van der Waals surface area (Å²) in [6, 6.07) is 0. The minimum Gasteiger partial charge on any atom is -0.455 e. The Labute approximate surface area is 118 Å². The molecule has 5 nitrogen and oxygen atoms in total. The largest absolute Gasteiger partial charge is 0.455 e. The van der Waals surface area contributed by atoms with Crippen LogP contribution in [0.3, 0.4) is 0 Å². The normalized spacial score (nSPS) is 28.4. The number of carbonyl (C=O) groups is 1. The molecule has 0 aliphatic carbocycles. The van der Waals surface area contributed by atoms with Crippen molar-refractivity contribution in [2.45, 2.75) is 63.4 Å². The summed E-state index contributed by atoms with van der Waals surface area (Å²) in [5, 5.41) is 28.6. The van der Waals surface area contributed by atoms with Crippen LogP contribution < -0.4 is 0 Å². The standard InChI is InChI=1S/C13H24O5S/c1-2-3-4-5-6-7-19-8-9(14)12-10(15)11(16)13(17)18-12/h9-12,14-16H,2-8H2,1H3/t9-,10-,11-,12+/m1/s1. The number of rotatable bonds is 9. The van der Waals surface area contributed by atoms with E-state index in [-0.39, 0.29) is 0 Å². The van der Waals surface area contributed by atoms with Crippen LogP contribution in [-0.4, -0.2) is 57.2 Å². The Bertz CT molecular complexity index is 274. The van der Waals surface area contributed by atoms with E-state index in [9.17, 15) is 20.1 Å². The first kappa shape index (κ1) is 16.8. The van der Waals surface area contributed by atoms with Gasteiger partial charge in [0.1, 0.15) is 12.2 Å². The van der Waals surface area contributed by atoms with Gasteiger partial charge in [0.25, 0.3) is 0 Å². The van der Waals surface area contributed by atoms with Gasteiger partial charge < -0.3 is 20.1 Å². The summed E-state index contributed by atoms with van der Waals surface area (Å²) < 4.78 is 4.76. The molecule has 0 amide bonds. The van der Waals surface area contributed by atoms with E-state index in [4.69, 9.17) is 4.74 Å². The molecule has 1 aliphatic heterocycles. The van der Waals surface area contributed by atoms with E-state index in [0.29, 0.717) is 5.75 Å². The zero-order chi connectivity index (χ0) is 14.3. The highest BCUT2D eigenvalue weighted by Crippen LogP contribution is 2.21. The van der Waals surface area contributed by atoms with Crippen LogP contribution in [0.15, 0.2) is 0 Å². The highest BCUT2D eigenvalue weighted by atomic mass is 32.2. The summed E-state index contributed by atoms with van der Waals surface area (Å²) in [6.45, 7) is 2.17. The molecule has 0 bridgehead atoms. The molecule has 1 fully saturated rings. The van der Waals surface area contributed by atoms with Crippen LogP contribution in [0.4, 0.5) is 0 Å². The van der Waals surface area contributed by atoms with Crippen LogP contribution in [0.25, 0.3) is 0 Å². The van der Waals surface area contributed by atoms with Gasteiger partial charge in [0.15, 0.2) is 12.2 Å². The van der Waals surface area contributed by atoms with E-state index in [0.717, 1.165) is 12.2 Å². The van der Waals surface area contributed by atoms with E-state index < -0.39 is 30.4 Å². The molecule has 0 saturated carbocycles. The number of aliphatic hydroxyl groups is 3. The third kappa shape index (κ3) is 5.30. The number of carbonyl (C=O) groups excluding carboxylic acids is 1. The topological polar surface area (TPSA) is 87.0 Å². The average Bonchev–Trinajstić information content (AvgIpc) is 2.65. The monoisotopic (exact) mass is 292 g/mol. The van der Waals surface area contributed by atoms with E-state index in [1.807, 2.05) is 0 Å². The number of hydrogen-bond acceptors (Lipinski definition) is 6. The lowest BCUT2D eigenvalue weighted by molar-refractivity contribution is -0.150. The maximum atomic E-state index is 11.0. The molecule has 0 aromatic carbocycles. The predicted octanol–water partition coefficient (Wildman–Crippen LogP) is 0.698. The van der Waals surface area contributed by atoms with Crippen LogP contribution in [0.1, 0.15) is 39.0 Å². The molecule has 3 N–H and O–H groups in total. The van der Waals surface area contributed by atoms with E-state index in [1.165, 1.54) is 25.7 Å². The summed E-state index contributed by atoms with van der Waals surface area (Å²) in [6.07, 6.45) is 1.22. The van der Waals surface area contributed by atoms with Gasteiger partial charge in [0, 0.05) is 5.75 Å². The Morgan fingerprint density at radius 3 is 2.53 bits per heavy atom. The smallest absolute Gasteiger partial charge is 0.338 e. The van der Waals surface area contributed by atoms with E-state index in [2.05, 4.69) is 6.92 Å². The predicted molar refractivity (Wildman–Crippen MR) is 74.0 cm³/mol. The first-order chi connectivity index (χ1) is 9.07. The maximum Gasteiger partial charge on any atom is 0.338 e. The van der Waals surface area contributed by atoms with Gasteiger partial charge in [0.2, 0.25) is 0 Å². The Balaban J connectivity index is 2.11. The summed E-state index contributed by atoms with van der Waals surface area (Å²) in [5.41, 5.74) is 0. The van der Waals surface area contributed by atoms with Crippen molar-refractivity contribution in [1.29, 1.82) is 0 Å². The summed E-state index contributed by atoms with van der Waals surface area (Å²) in [5.74, 6) is 0.483. The van der Waals surface area contributed by atoms with Gasteiger partial charge in [0.05, 0.1) is 0 Å². The van der Waals surface area contributed by atoms with Crippen molar-refractivity contribution in [2.24, 2.45) is 0 Å². The second-order valence-corrected chi connectivity index (χ2v) is 6.04. The lowest BCUT2D eigenvalue weighted by atomic mass is 10.1. The van der Waals surface area contributed by atoms with Crippen LogP contribution in [0, 0.1) is 0 Å². The summed E-state index contributed by atoms with van der Waals surface area (Å²) in [4.78, 5) is 11.0. The Morgan fingerprint density at radius 1 is 1.26 bits per heavy atom. The quantitative estimate of drug-likeness (QED) is 0.428. The van der Waals surface area contributed by atoms with Crippen molar-refractivity contribution in [3.8, 4) is 0 Å². The third-order valence-electron chi connectivity index (χ3n) is 3.21. The molecule has 1 rings (SSSR count). The zero-order valence-electron chi connectivity index (χ0n) is 11.3. The van der Waals surface area contributed by atoms with Crippen molar-refractivity contribution in [1.82, 2.24) is 0 Å². The molecule has 0 aromatic rings. The van der Waals surface area contributed by atoms with Gasteiger partial charge in [-0.05, 0) is 12.2 Å². The van der Waals surface area contributed by atoms with Crippen LogP contribution in [0.2, 0.25) is 0 Å². The van der Waals surface area contributed by atoms with Gasteiger partial charge >= 0.3 is 5.97 Å². The van der Waals surface area contributed by atoms with Gasteiger partial charge in [-0.15, -0.1) is 0 Å². The molecule has 112 valence electrons. The summed E-state index contributed by atoms with van der Waals surface area (Å²) in [7, 11) is 0. The Kier molecular flexibility index (Phi) is 7.75. The lowest BCUT2D eigenvalue weighted by Crippen LogP contribution is -2.39. The summed E-state index contributed by atoms with van der Waals surface area (Å²) >= 11 is 1.58. The van der Waals surface area contributed by atoms with Crippen molar-refractivity contribution in [3.63, 3.8) is 0 Å². The van der Waals surface area contributed by atoms with Crippen molar-refractivity contribution >= 4 is 17.7 Å². The number of unbranched alkanes of at least 4 members (excludes halogenated alkanes) is 4. The molecule has 6 heteroatoms. The molecule has 1 saturated heterocycles. The highest BCUT2D eigenvalue weighted by Gasteiger charge is 2.45. The molecule has 0 radical (unpaired) electrons. The fourth-order valence-corrected chi connectivity index (χ4v) is 3.01. The van der Waals surface area contributed by atoms with Gasteiger partial charge in [-0.1, -0.05) is 32.6 Å². The fourth-order valence-electron chi connectivity index (χ4n) is 2.01. The maximum absolute atomic E-state index is 11.0. The van der Waals surface area contributed by atoms with Gasteiger partial charge in [-0.3, -0.25) is 0 Å². The van der Waals surface area contributed by atoms with E-state index >= 15 is 0 Å². The molecule has 1 aliphatic rings. The molecule has 0 spiro atoms. The minimum atomic E-state index is -1.53. The Morgan fingerprint density at radius 2 is 1.95 bits per heavy atom. The molecule has 0 unspecified atom stereocenters. The van der Waals surface area contributed by atoms with Crippen molar-refractivity contribution < 1.29 is 24.9 Å². The van der Waals surface area contributed by atoms with E-state index in [1.54, 1.807) is 11.8 Å². The zero-order valence-corrected chi connectivity index (χ0v) is 12.1. The van der Waals surface area contributed by atoms with Crippen LogP contribution in [-0.2, 0) is 9.53 Å². The molecular weight excluding hydrogens is 268 g/mol. The Hall–Kier alpha value is -0.300. The number of aliphatic hydroxyl groups excluding tert-OH is 3. The third-order valence-corrected chi connectivity index (χ3v) is 4.37. The molecule has 0 aromatic heterocycles. The van der Waals surface area contributed by atoms with Crippen LogP contribution >= 0.6 is 11.8 Å². The average molecular weight is 292 g/mol. The van der Waals surface area contributed by atoms with Crippen molar-refractivity contribution in [3.05, 3.63) is 0 Å². The molecule has 19 heavy (non-hydrogen) atoms. The highest BCUT2D eigenvalue weighted by molar-refractivity contribution is 7.99. The second-order valence-electron chi connectivity index (χ2n) is 4.89. The first-order valence-electron chi connectivity index (χ1n) is 6.90. The number of esters is 1. The molecule has 1 heterocycles. The van der Waals surface area contributed by atoms with Gasteiger partial charge in [-0.2, -0.15) is 11.8 Å². The lowest BCUT2D eigenvalue weighted by Gasteiger charge is -2.19. The van der Waals surface area contributed by atoms with Crippen LogP contribution in [0.5, 0.6) is 0 Å². The molecular formula is C13H24O5S. The number of cyclic esters (lactones) is 1. The SMILES string of the molecule is CCCCCCCSC[C@@H](O)[C@@H]1OC(=O)[C@H](O)[C@H]1O. The number of ether oxygens (including phenoxy) is 1. The number of thioether (sulfide) groups is 1.